The smallest absolute Gasteiger partial charge is 0.280 e. The van der Waals surface area contributed by atoms with E-state index in [1.54, 1.807) is 14.0 Å². The first-order valence-electron chi connectivity index (χ1n) is 3.45. The first-order valence-corrected chi connectivity index (χ1v) is 3.45. The van der Waals surface area contributed by atoms with E-state index in [1.807, 2.05) is 0 Å². The number of alkyl halides is 2. The Hall–Kier alpha value is -1.26. The van der Waals surface area contributed by atoms with Crippen molar-refractivity contribution in [2.24, 2.45) is 0 Å². The molecule has 1 heterocycles. The molecule has 0 aliphatic carbocycles. The van der Waals surface area contributed by atoms with Gasteiger partial charge in [-0.15, -0.1) is 0 Å². The number of nitrogens with zero attached hydrogens (tertiary/aromatic N) is 2. The molecule has 1 N–H and O–H groups in total. The first-order chi connectivity index (χ1) is 5.63. The monoisotopic (exact) mass is 173 g/mol. The largest absolute Gasteiger partial charge is 0.357 e. The Morgan fingerprint density at radius 1 is 1.42 bits per heavy atom. The van der Waals surface area contributed by atoms with Crippen LogP contribution in [-0.4, -0.2) is 17.0 Å². The van der Waals surface area contributed by atoms with Gasteiger partial charge in [-0.3, -0.25) is 0 Å². The van der Waals surface area contributed by atoms with Crippen LogP contribution in [0.2, 0.25) is 0 Å². The second-order valence-electron chi connectivity index (χ2n) is 2.31. The zero-order valence-electron chi connectivity index (χ0n) is 6.81. The molecule has 0 radical (unpaired) electrons. The van der Waals surface area contributed by atoms with Gasteiger partial charge in [-0.05, 0) is 13.0 Å². The zero-order chi connectivity index (χ0) is 9.14. The number of hydrogen-bond donors (Lipinski definition) is 1. The van der Waals surface area contributed by atoms with E-state index in [0.29, 0.717) is 5.69 Å². The molecule has 12 heavy (non-hydrogen) atoms. The Morgan fingerprint density at radius 3 is 2.58 bits per heavy atom. The highest BCUT2D eigenvalue weighted by atomic mass is 19.3. The van der Waals surface area contributed by atoms with Gasteiger partial charge in [-0.2, -0.15) is 0 Å². The molecule has 0 aromatic carbocycles. The molecule has 0 fully saturated rings. The summed E-state index contributed by atoms with van der Waals surface area (Å²) in [6.45, 7) is 1.65. The van der Waals surface area contributed by atoms with Crippen molar-refractivity contribution < 1.29 is 8.78 Å². The van der Waals surface area contributed by atoms with Crippen LogP contribution in [0.1, 0.15) is 17.8 Å². The number of hydrogen-bond acceptors (Lipinski definition) is 3. The van der Waals surface area contributed by atoms with Crippen molar-refractivity contribution in [1.82, 2.24) is 9.97 Å². The second-order valence-corrected chi connectivity index (χ2v) is 2.31. The van der Waals surface area contributed by atoms with Crippen molar-refractivity contribution in [2.45, 2.75) is 13.3 Å². The van der Waals surface area contributed by atoms with Crippen molar-refractivity contribution in [1.29, 1.82) is 0 Å². The van der Waals surface area contributed by atoms with Crippen molar-refractivity contribution in [3.63, 3.8) is 0 Å². The van der Waals surface area contributed by atoms with Crippen molar-refractivity contribution in [3.8, 4) is 0 Å². The van der Waals surface area contributed by atoms with Gasteiger partial charge in [0.25, 0.3) is 6.43 Å². The minimum Gasteiger partial charge on any atom is -0.357 e. The summed E-state index contributed by atoms with van der Waals surface area (Å²) in [5, 5.41) is 2.61. The fourth-order valence-corrected chi connectivity index (χ4v) is 0.816. The van der Waals surface area contributed by atoms with E-state index in [4.69, 9.17) is 0 Å². The third-order valence-corrected chi connectivity index (χ3v) is 1.32. The van der Waals surface area contributed by atoms with E-state index in [-0.39, 0.29) is 11.6 Å². The van der Waals surface area contributed by atoms with Gasteiger partial charge in [0.1, 0.15) is 5.69 Å². The molecule has 0 saturated heterocycles. The van der Waals surface area contributed by atoms with Crippen LogP contribution in [0.15, 0.2) is 6.07 Å². The van der Waals surface area contributed by atoms with Crippen LogP contribution in [0.5, 0.6) is 0 Å². The molecule has 0 atom stereocenters. The van der Waals surface area contributed by atoms with Crippen LogP contribution < -0.4 is 5.32 Å². The van der Waals surface area contributed by atoms with E-state index >= 15 is 0 Å². The topological polar surface area (TPSA) is 37.8 Å². The standard InChI is InChI=1S/C7H9F2N3/c1-4-3-5(6(8)9)12-7(10-2)11-4/h3,6H,1-2H3,(H,10,11,12). The van der Waals surface area contributed by atoms with E-state index in [2.05, 4.69) is 15.3 Å². The lowest BCUT2D eigenvalue weighted by Gasteiger charge is -2.03. The quantitative estimate of drug-likeness (QED) is 0.740. The van der Waals surface area contributed by atoms with Crippen LogP contribution in [-0.2, 0) is 0 Å². The first kappa shape index (κ1) is 8.83. The maximum Gasteiger partial charge on any atom is 0.280 e. The number of aryl methyl sites for hydroxylation is 1. The van der Waals surface area contributed by atoms with Crippen LogP contribution in [0.4, 0.5) is 14.7 Å². The van der Waals surface area contributed by atoms with E-state index < -0.39 is 6.43 Å². The van der Waals surface area contributed by atoms with Gasteiger partial charge in [0.15, 0.2) is 0 Å². The fraction of sp³-hybridized carbons (Fsp3) is 0.429. The third-order valence-electron chi connectivity index (χ3n) is 1.32. The van der Waals surface area contributed by atoms with Crippen molar-refractivity contribution in [2.75, 3.05) is 12.4 Å². The summed E-state index contributed by atoms with van der Waals surface area (Å²) in [6.07, 6.45) is -2.54. The lowest BCUT2D eigenvalue weighted by atomic mass is 10.3. The van der Waals surface area contributed by atoms with E-state index in [0.717, 1.165) is 0 Å². The minimum absolute atomic E-state index is 0.227. The Balaban J connectivity index is 3.06. The van der Waals surface area contributed by atoms with Crippen LogP contribution in [0.3, 0.4) is 0 Å². The summed E-state index contributed by atoms with van der Waals surface area (Å²) in [6, 6.07) is 1.27. The normalized spacial score (nSPS) is 10.4. The maximum absolute atomic E-state index is 12.1. The SMILES string of the molecule is CNc1nc(C)cc(C(F)F)n1. The summed E-state index contributed by atoms with van der Waals surface area (Å²) in [5.41, 5.74) is 0.288. The van der Waals surface area contributed by atoms with Gasteiger partial charge >= 0.3 is 0 Å². The fourth-order valence-electron chi connectivity index (χ4n) is 0.816. The molecule has 66 valence electrons. The Labute approximate surface area is 68.8 Å². The summed E-state index contributed by atoms with van der Waals surface area (Å²) in [7, 11) is 1.59. The third kappa shape index (κ3) is 1.87. The molecule has 0 unspecified atom stereocenters. The minimum atomic E-state index is -2.54. The summed E-state index contributed by atoms with van der Waals surface area (Å²) in [4.78, 5) is 7.46. The lowest BCUT2D eigenvalue weighted by molar-refractivity contribution is 0.146. The summed E-state index contributed by atoms with van der Waals surface area (Å²) < 4.78 is 24.3. The Morgan fingerprint density at radius 2 is 2.08 bits per heavy atom. The van der Waals surface area contributed by atoms with Crippen LogP contribution >= 0.6 is 0 Å². The molecule has 0 bridgehead atoms. The highest BCUT2D eigenvalue weighted by Gasteiger charge is 2.10. The molecule has 3 nitrogen and oxygen atoms in total. The van der Waals surface area contributed by atoms with Crippen molar-refractivity contribution in [3.05, 3.63) is 17.5 Å². The predicted molar refractivity (Wildman–Crippen MR) is 41.3 cm³/mol. The summed E-state index contributed by atoms with van der Waals surface area (Å²) >= 11 is 0. The molecular formula is C7H9F2N3. The van der Waals surface area contributed by atoms with E-state index in [1.165, 1.54) is 6.07 Å². The molecule has 1 aromatic rings. The molecule has 5 heteroatoms. The molecule has 0 amide bonds. The van der Waals surface area contributed by atoms with Gasteiger partial charge < -0.3 is 5.32 Å². The second kappa shape index (κ2) is 3.42. The van der Waals surface area contributed by atoms with Gasteiger partial charge in [0.05, 0.1) is 0 Å². The number of rotatable bonds is 2. The highest BCUT2D eigenvalue weighted by molar-refractivity contribution is 5.27. The Kier molecular flexibility index (Phi) is 2.52. The summed E-state index contributed by atoms with van der Waals surface area (Å²) in [5.74, 6) is 0.227. The van der Waals surface area contributed by atoms with Gasteiger partial charge in [0.2, 0.25) is 5.95 Å². The predicted octanol–water partition coefficient (Wildman–Crippen LogP) is 1.76. The van der Waals surface area contributed by atoms with Crippen LogP contribution in [0, 0.1) is 6.92 Å². The molecule has 0 spiro atoms. The average Bonchev–Trinajstić information content (AvgIpc) is 2.03. The highest BCUT2D eigenvalue weighted by Crippen LogP contribution is 2.17. The van der Waals surface area contributed by atoms with Crippen LogP contribution in [0.25, 0.3) is 0 Å². The zero-order valence-corrected chi connectivity index (χ0v) is 6.81. The number of aromatic nitrogens is 2. The van der Waals surface area contributed by atoms with Gasteiger partial charge in [-0.1, -0.05) is 0 Å². The molecule has 0 saturated carbocycles. The number of anilines is 1. The molecule has 1 rings (SSSR count). The average molecular weight is 173 g/mol. The van der Waals surface area contributed by atoms with E-state index in [9.17, 15) is 8.78 Å². The molecular weight excluding hydrogens is 164 g/mol. The Bertz CT molecular complexity index is 275. The maximum atomic E-state index is 12.1. The van der Waals surface area contributed by atoms with Crippen molar-refractivity contribution >= 4 is 5.95 Å². The molecule has 0 aliphatic rings. The van der Waals surface area contributed by atoms with Gasteiger partial charge in [0, 0.05) is 12.7 Å². The number of halogens is 2. The lowest BCUT2D eigenvalue weighted by Crippen LogP contribution is -2.01. The molecule has 0 aliphatic heterocycles. The number of nitrogens with one attached hydrogen (secondary N) is 1. The van der Waals surface area contributed by atoms with Gasteiger partial charge in [-0.25, -0.2) is 18.7 Å². The molecule has 1 aromatic heterocycles.